The summed E-state index contributed by atoms with van der Waals surface area (Å²) in [5.41, 5.74) is 1.79. The van der Waals surface area contributed by atoms with E-state index in [9.17, 15) is 0 Å². The van der Waals surface area contributed by atoms with E-state index >= 15 is 0 Å². The van der Waals surface area contributed by atoms with Gasteiger partial charge in [-0.1, -0.05) is 31.5 Å². The Morgan fingerprint density at radius 2 is 2.07 bits per heavy atom. The SMILES string of the molecule is COc1ccc(C2CC2(C)C)cc1Cl. The Balaban J connectivity index is 2.26. The molecule has 0 saturated heterocycles. The topological polar surface area (TPSA) is 9.23 Å². The molecule has 0 amide bonds. The number of ether oxygens (including phenoxy) is 1. The Labute approximate surface area is 90.0 Å². The molecule has 0 heterocycles. The molecule has 0 spiro atoms. The fourth-order valence-corrected chi connectivity index (χ4v) is 2.20. The third-order valence-electron chi connectivity index (χ3n) is 3.09. The maximum absolute atomic E-state index is 6.07. The molecule has 14 heavy (non-hydrogen) atoms. The van der Waals surface area contributed by atoms with Crippen molar-refractivity contribution in [1.29, 1.82) is 0 Å². The standard InChI is InChI=1S/C12H15ClO/c1-12(2)7-9(12)8-4-5-11(14-3)10(13)6-8/h4-6,9H,7H2,1-3H3. The predicted molar refractivity (Wildman–Crippen MR) is 59.1 cm³/mol. The highest BCUT2D eigenvalue weighted by atomic mass is 35.5. The number of halogens is 1. The van der Waals surface area contributed by atoms with Crippen molar-refractivity contribution in [2.45, 2.75) is 26.2 Å². The van der Waals surface area contributed by atoms with Crippen LogP contribution in [0.4, 0.5) is 0 Å². The van der Waals surface area contributed by atoms with Crippen molar-refractivity contribution >= 4 is 11.6 Å². The predicted octanol–water partition coefficient (Wildman–Crippen LogP) is 3.86. The molecule has 2 rings (SSSR count). The summed E-state index contributed by atoms with van der Waals surface area (Å²) < 4.78 is 5.12. The smallest absolute Gasteiger partial charge is 0.137 e. The van der Waals surface area contributed by atoms with E-state index in [2.05, 4.69) is 19.9 Å². The van der Waals surface area contributed by atoms with Crippen molar-refractivity contribution in [3.63, 3.8) is 0 Å². The average molecular weight is 211 g/mol. The van der Waals surface area contributed by atoms with Crippen molar-refractivity contribution in [3.8, 4) is 5.75 Å². The Bertz CT molecular complexity index is 357. The lowest BCUT2D eigenvalue weighted by Gasteiger charge is -2.07. The average Bonchev–Trinajstić information content (AvgIpc) is 2.75. The van der Waals surface area contributed by atoms with Crippen LogP contribution in [0.25, 0.3) is 0 Å². The molecule has 1 aromatic rings. The highest BCUT2D eigenvalue weighted by molar-refractivity contribution is 6.32. The van der Waals surface area contributed by atoms with Crippen molar-refractivity contribution in [3.05, 3.63) is 28.8 Å². The molecule has 1 aromatic carbocycles. The van der Waals surface area contributed by atoms with Crippen molar-refractivity contribution in [2.75, 3.05) is 7.11 Å². The summed E-state index contributed by atoms with van der Waals surface area (Å²) in [6.07, 6.45) is 1.26. The molecular formula is C12H15ClO. The number of hydrogen-bond donors (Lipinski definition) is 0. The van der Waals surface area contributed by atoms with E-state index in [1.807, 2.05) is 12.1 Å². The molecule has 76 valence electrons. The number of benzene rings is 1. The van der Waals surface area contributed by atoms with Gasteiger partial charge in [0, 0.05) is 0 Å². The fraction of sp³-hybridized carbons (Fsp3) is 0.500. The number of hydrogen-bond acceptors (Lipinski definition) is 1. The van der Waals surface area contributed by atoms with Crippen LogP contribution in [0.1, 0.15) is 31.7 Å². The van der Waals surface area contributed by atoms with Gasteiger partial charge in [0.2, 0.25) is 0 Å². The second-order valence-corrected chi connectivity index (χ2v) is 5.05. The van der Waals surface area contributed by atoms with Crippen LogP contribution < -0.4 is 4.74 Å². The summed E-state index contributed by atoms with van der Waals surface area (Å²) in [5, 5.41) is 0.715. The molecule has 0 radical (unpaired) electrons. The maximum Gasteiger partial charge on any atom is 0.137 e. The van der Waals surface area contributed by atoms with Gasteiger partial charge in [-0.25, -0.2) is 0 Å². The largest absolute Gasteiger partial charge is 0.495 e. The van der Waals surface area contributed by atoms with Gasteiger partial charge in [-0.2, -0.15) is 0 Å². The summed E-state index contributed by atoms with van der Waals surface area (Å²) in [6, 6.07) is 6.09. The molecule has 2 heteroatoms. The lowest BCUT2D eigenvalue weighted by Crippen LogP contribution is -1.91. The van der Waals surface area contributed by atoms with Crippen LogP contribution in [-0.2, 0) is 0 Å². The van der Waals surface area contributed by atoms with Crippen LogP contribution >= 0.6 is 11.6 Å². The van der Waals surface area contributed by atoms with Gasteiger partial charge in [0.05, 0.1) is 12.1 Å². The van der Waals surface area contributed by atoms with Gasteiger partial charge in [-0.05, 0) is 35.4 Å². The van der Waals surface area contributed by atoms with Crippen LogP contribution in [0.5, 0.6) is 5.75 Å². The summed E-state index contributed by atoms with van der Waals surface area (Å²) in [6.45, 7) is 4.58. The van der Waals surface area contributed by atoms with Gasteiger partial charge in [0.15, 0.2) is 0 Å². The van der Waals surface area contributed by atoms with Gasteiger partial charge in [0.25, 0.3) is 0 Å². The van der Waals surface area contributed by atoms with Crippen LogP contribution in [0.3, 0.4) is 0 Å². The third-order valence-corrected chi connectivity index (χ3v) is 3.39. The van der Waals surface area contributed by atoms with Gasteiger partial charge >= 0.3 is 0 Å². The van der Waals surface area contributed by atoms with E-state index in [0.29, 0.717) is 16.4 Å². The minimum atomic E-state index is 0.456. The Hall–Kier alpha value is -0.690. The van der Waals surface area contributed by atoms with Gasteiger partial charge < -0.3 is 4.74 Å². The van der Waals surface area contributed by atoms with E-state index in [4.69, 9.17) is 16.3 Å². The second-order valence-electron chi connectivity index (χ2n) is 4.64. The molecule has 0 bridgehead atoms. The van der Waals surface area contributed by atoms with Gasteiger partial charge in [-0.3, -0.25) is 0 Å². The number of methoxy groups -OCH3 is 1. The Kier molecular flexibility index (Phi) is 2.23. The zero-order valence-electron chi connectivity index (χ0n) is 8.80. The van der Waals surface area contributed by atoms with E-state index < -0.39 is 0 Å². The van der Waals surface area contributed by atoms with E-state index in [1.54, 1.807) is 7.11 Å². The molecule has 0 aliphatic heterocycles. The van der Waals surface area contributed by atoms with Gasteiger partial charge in [0.1, 0.15) is 5.75 Å². The Morgan fingerprint density at radius 1 is 1.43 bits per heavy atom. The summed E-state index contributed by atoms with van der Waals surface area (Å²) in [4.78, 5) is 0. The van der Waals surface area contributed by atoms with Crippen LogP contribution in [0, 0.1) is 5.41 Å². The summed E-state index contributed by atoms with van der Waals surface area (Å²) >= 11 is 6.07. The van der Waals surface area contributed by atoms with Crippen molar-refractivity contribution in [2.24, 2.45) is 5.41 Å². The summed E-state index contributed by atoms with van der Waals surface area (Å²) in [7, 11) is 1.64. The first-order chi connectivity index (χ1) is 6.54. The van der Waals surface area contributed by atoms with E-state index in [0.717, 1.165) is 5.75 Å². The summed E-state index contributed by atoms with van der Waals surface area (Å²) in [5.74, 6) is 1.43. The first kappa shape index (κ1) is 9.85. The lowest BCUT2D eigenvalue weighted by atomic mass is 10.0. The van der Waals surface area contributed by atoms with E-state index in [1.165, 1.54) is 12.0 Å². The van der Waals surface area contributed by atoms with Crippen LogP contribution in [-0.4, -0.2) is 7.11 Å². The third kappa shape index (κ3) is 1.61. The van der Waals surface area contributed by atoms with Crippen molar-refractivity contribution in [1.82, 2.24) is 0 Å². The minimum absolute atomic E-state index is 0.456. The molecule has 1 nitrogen and oxygen atoms in total. The first-order valence-corrected chi connectivity index (χ1v) is 5.26. The highest BCUT2D eigenvalue weighted by Gasteiger charge is 2.46. The normalized spacial score (nSPS) is 23.3. The molecule has 0 aromatic heterocycles. The van der Waals surface area contributed by atoms with Crippen LogP contribution in [0.2, 0.25) is 5.02 Å². The molecule has 0 N–H and O–H groups in total. The zero-order valence-corrected chi connectivity index (χ0v) is 9.56. The molecule has 1 fully saturated rings. The second kappa shape index (κ2) is 3.16. The Morgan fingerprint density at radius 3 is 2.50 bits per heavy atom. The maximum atomic E-state index is 6.07. The molecule has 1 atom stereocenters. The van der Waals surface area contributed by atoms with Gasteiger partial charge in [-0.15, -0.1) is 0 Å². The molecule has 1 saturated carbocycles. The van der Waals surface area contributed by atoms with E-state index in [-0.39, 0.29) is 0 Å². The molecule has 1 aliphatic rings. The fourth-order valence-electron chi connectivity index (χ4n) is 1.94. The highest BCUT2D eigenvalue weighted by Crippen LogP contribution is 2.58. The molecule has 1 unspecified atom stereocenters. The number of rotatable bonds is 2. The molecular weight excluding hydrogens is 196 g/mol. The zero-order chi connectivity index (χ0) is 10.3. The minimum Gasteiger partial charge on any atom is -0.495 e. The lowest BCUT2D eigenvalue weighted by molar-refractivity contribution is 0.415. The first-order valence-electron chi connectivity index (χ1n) is 4.88. The quantitative estimate of drug-likeness (QED) is 0.720. The molecule has 1 aliphatic carbocycles. The van der Waals surface area contributed by atoms with Crippen LogP contribution in [0.15, 0.2) is 18.2 Å². The van der Waals surface area contributed by atoms with Crippen molar-refractivity contribution < 1.29 is 4.74 Å². The monoisotopic (exact) mass is 210 g/mol.